The second kappa shape index (κ2) is 9.41. The van der Waals surface area contributed by atoms with Gasteiger partial charge in [0.1, 0.15) is 0 Å². The maximum atomic E-state index is 13.0. The summed E-state index contributed by atoms with van der Waals surface area (Å²) < 4.78 is 1.79. The average Bonchev–Trinajstić information content (AvgIpc) is 3.13. The summed E-state index contributed by atoms with van der Waals surface area (Å²) >= 11 is 0. The standard InChI is InChI=1S/C24H30N6O/c1-18-15-19(2)30(27-18)23-10-9-21(16-25-23)24(31)26-22(20-7-5-4-6-8-20)17-29-13-11-28(3)12-14-29/h4-10,15-16,22H,11-14,17H2,1-3H3,(H,26,31). The molecule has 0 saturated carbocycles. The number of likely N-dealkylation sites (N-methyl/N-ethyl adjacent to an activating group) is 1. The highest BCUT2D eigenvalue weighted by Crippen LogP contribution is 2.17. The van der Waals surface area contributed by atoms with Crippen molar-refractivity contribution < 1.29 is 4.79 Å². The molecule has 1 amide bonds. The summed E-state index contributed by atoms with van der Waals surface area (Å²) in [5.74, 6) is 0.592. The Morgan fingerprint density at radius 1 is 1.06 bits per heavy atom. The van der Waals surface area contributed by atoms with E-state index in [0.717, 1.165) is 49.7 Å². The van der Waals surface area contributed by atoms with Crippen LogP contribution in [0.2, 0.25) is 0 Å². The van der Waals surface area contributed by atoms with Gasteiger partial charge in [-0.1, -0.05) is 30.3 Å². The first kappa shape index (κ1) is 21.2. The predicted molar refractivity (Wildman–Crippen MR) is 121 cm³/mol. The SMILES string of the molecule is Cc1cc(C)n(-c2ccc(C(=O)NC(CN3CCN(C)CC3)c3ccccc3)cn2)n1. The molecule has 0 radical (unpaired) electrons. The van der Waals surface area contributed by atoms with Crippen molar-refractivity contribution >= 4 is 5.91 Å². The highest BCUT2D eigenvalue weighted by Gasteiger charge is 2.22. The fourth-order valence-corrected chi connectivity index (χ4v) is 3.96. The third kappa shape index (κ3) is 5.18. The van der Waals surface area contributed by atoms with Crippen LogP contribution in [0.5, 0.6) is 0 Å². The Kier molecular flexibility index (Phi) is 6.44. The van der Waals surface area contributed by atoms with E-state index in [-0.39, 0.29) is 11.9 Å². The van der Waals surface area contributed by atoms with E-state index >= 15 is 0 Å². The lowest BCUT2D eigenvalue weighted by molar-refractivity contribution is 0.0907. The lowest BCUT2D eigenvalue weighted by Gasteiger charge is -2.35. The third-order valence-corrected chi connectivity index (χ3v) is 5.78. The molecule has 3 aromatic rings. The first-order valence-corrected chi connectivity index (χ1v) is 10.8. The smallest absolute Gasteiger partial charge is 0.253 e. The second-order valence-corrected chi connectivity index (χ2v) is 8.28. The van der Waals surface area contributed by atoms with Crippen molar-refractivity contribution in [1.29, 1.82) is 0 Å². The minimum atomic E-state index is -0.115. The van der Waals surface area contributed by atoms with E-state index in [0.29, 0.717) is 11.4 Å². The summed E-state index contributed by atoms with van der Waals surface area (Å²) in [5, 5.41) is 7.68. The molecule has 1 saturated heterocycles. The molecule has 31 heavy (non-hydrogen) atoms. The number of nitrogens with zero attached hydrogens (tertiary/aromatic N) is 5. The van der Waals surface area contributed by atoms with Crippen LogP contribution < -0.4 is 5.32 Å². The van der Waals surface area contributed by atoms with Crippen LogP contribution in [0.25, 0.3) is 5.82 Å². The molecule has 1 N–H and O–H groups in total. The van der Waals surface area contributed by atoms with E-state index < -0.39 is 0 Å². The Morgan fingerprint density at radius 3 is 2.42 bits per heavy atom. The molecule has 1 fully saturated rings. The number of piperazine rings is 1. The first-order chi connectivity index (χ1) is 15.0. The van der Waals surface area contributed by atoms with Crippen LogP contribution in [0.3, 0.4) is 0 Å². The van der Waals surface area contributed by atoms with Gasteiger partial charge in [0.25, 0.3) is 5.91 Å². The zero-order valence-corrected chi connectivity index (χ0v) is 18.5. The molecule has 0 aliphatic carbocycles. The lowest BCUT2D eigenvalue weighted by Crippen LogP contribution is -2.47. The van der Waals surface area contributed by atoms with E-state index in [1.54, 1.807) is 10.9 Å². The monoisotopic (exact) mass is 418 g/mol. The van der Waals surface area contributed by atoms with Gasteiger partial charge in [-0.05, 0) is 44.7 Å². The molecular weight excluding hydrogens is 388 g/mol. The molecule has 1 aromatic carbocycles. The van der Waals surface area contributed by atoms with Crippen LogP contribution in [0.4, 0.5) is 0 Å². The molecule has 7 heteroatoms. The maximum Gasteiger partial charge on any atom is 0.253 e. The number of rotatable bonds is 6. The van der Waals surface area contributed by atoms with Gasteiger partial charge < -0.3 is 10.2 Å². The Hall–Kier alpha value is -3.03. The average molecular weight is 419 g/mol. The minimum absolute atomic E-state index is 0.0761. The van der Waals surface area contributed by atoms with Crippen molar-refractivity contribution in [3.63, 3.8) is 0 Å². The quantitative estimate of drug-likeness (QED) is 0.667. The van der Waals surface area contributed by atoms with Gasteiger partial charge in [0, 0.05) is 44.6 Å². The summed E-state index contributed by atoms with van der Waals surface area (Å²) in [5.41, 5.74) is 3.61. The van der Waals surface area contributed by atoms with Crippen molar-refractivity contribution in [3.05, 3.63) is 77.2 Å². The normalized spacial score (nSPS) is 16.2. The van der Waals surface area contributed by atoms with Gasteiger partial charge in [-0.3, -0.25) is 9.69 Å². The Morgan fingerprint density at radius 2 is 1.81 bits per heavy atom. The fourth-order valence-electron chi connectivity index (χ4n) is 3.96. The van der Waals surface area contributed by atoms with Crippen LogP contribution in [0.1, 0.15) is 33.4 Å². The van der Waals surface area contributed by atoms with Crippen LogP contribution in [0.15, 0.2) is 54.7 Å². The third-order valence-electron chi connectivity index (χ3n) is 5.78. The molecule has 7 nitrogen and oxygen atoms in total. The number of pyridine rings is 1. The molecule has 0 bridgehead atoms. The lowest BCUT2D eigenvalue weighted by atomic mass is 10.1. The topological polar surface area (TPSA) is 66.3 Å². The molecule has 1 atom stereocenters. The molecule has 162 valence electrons. The van der Waals surface area contributed by atoms with Crippen LogP contribution >= 0.6 is 0 Å². The van der Waals surface area contributed by atoms with Crippen molar-refractivity contribution in [2.75, 3.05) is 39.8 Å². The number of hydrogen-bond acceptors (Lipinski definition) is 5. The zero-order valence-electron chi connectivity index (χ0n) is 18.5. The van der Waals surface area contributed by atoms with Gasteiger partial charge in [0.05, 0.1) is 17.3 Å². The molecule has 1 aliphatic heterocycles. The number of amides is 1. The number of benzene rings is 1. The summed E-state index contributed by atoms with van der Waals surface area (Å²) in [4.78, 5) is 22.3. The van der Waals surface area contributed by atoms with Gasteiger partial charge in [0.15, 0.2) is 5.82 Å². The number of hydrogen-bond donors (Lipinski definition) is 1. The molecule has 4 rings (SSSR count). The number of carbonyl (C=O) groups excluding carboxylic acids is 1. The largest absolute Gasteiger partial charge is 0.344 e. The predicted octanol–water partition coefficient (Wildman–Crippen LogP) is 2.60. The van der Waals surface area contributed by atoms with Gasteiger partial charge >= 0.3 is 0 Å². The van der Waals surface area contributed by atoms with Crippen molar-refractivity contribution in [2.45, 2.75) is 19.9 Å². The van der Waals surface area contributed by atoms with Crippen molar-refractivity contribution in [1.82, 2.24) is 29.9 Å². The van der Waals surface area contributed by atoms with Crippen molar-refractivity contribution in [3.8, 4) is 5.82 Å². The zero-order chi connectivity index (χ0) is 21.8. The molecule has 1 unspecified atom stereocenters. The van der Waals surface area contributed by atoms with Crippen molar-refractivity contribution in [2.24, 2.45) is 0 Å². The van der Waals surface area contributed by atoms with Gasteiger partial charge in [-0.2, -0.15) is 5.10 Å². The first-order valence-electron chi connectivity index (χ1n) is 10.8. The van der Waals surface area contributed by atoms with Crippen LogP contribution in [0, 0.1) is 13.8 Å². The van der Waals surface area contributed by atoms with E-state index in [4.69, 9.17) is 0 Å². The Bertz CT molecular complexity index is 1010. The molecule has 3 heterocycles. The number of aryl methyl sites for hydroxylation is 2. The van der Waals surface area contributed by atoms with E-state index in [1.807, 2.05) is 50.2 Å². The summed E-state index contributed by atoms with van der Waals surface area (Å²) in [6.07, 6.45) is 1.62. The Balaban J connectivity index is 1.48. The number of nitrogens with one attached hydrogen (secondary N) is 1. The summed E-state index contributed by atoms with van der Waals surface area (Å²) in [6.45, 7) is 8.85. The summed E-state index contributed by atoms with van der Waals surface area (Å²) in [7, 11) is 2.15. The Labute approximate surface area is 183 Å². The fraction of sp³-hybridized carbons (Fsp3) is 0.375. The highest BCUT2D eigenvalue weighted by molar-refractivity contribution is 5.94. The van der Waals surface area contributed by atoms with Crippen LogP contribution in [-0.2, 0) is 0 Å². The van der Waals surface area contributed by atoms with Gasteiger partial charge in [-0.25, -0.2) is 9.67 Å². The van der Waals surface area contributed by atoms with Crippen LogP contribution in [-0.4, -0.2) is 70.2 Å². The number of carbonyl (C=O) groups is 1. The van der Waals surface area contributed by atoms with Gasteiger partial charge in [0.2, 0.25) is 0 Å². The highest BCUT2D eigenvalue weighted by atomic mass is 16.1. The summed E-state index contributed by atoms with van der Waals surface area (Å²) in [6, 6.07) is 15.8. The molecular formula is C24H30N6O. The molecule has 0 spiro atoms. The van der Waals surface area contributed by atoms with E-state index in [9.17, 15) is 4.79 Å². The van der Waals surface area contributed by atoms with Gasteiger partial charge in [-0.15, -0.1) is 0 Å². The van der Waals surface area contributed by atoms with E-state index in [1.165, 1.54) is 0 Å². The number of aromatic nitrogens is 3. The van der Waals surface area contributed by atoms with E-state index in [2.05, 4.69) is 44.4 Å². The second-order valence-electron chi connectivity index (χ2n) is 8.28. The minimum Gasteiger partial charge on any atom is -0.344 e. The molecule has 2 aromatic heterocycles. The molecule has 1 aliphatic rings. The maximum absolute atomic E-state index is 13.0.